The van der Waals surface area contributed by atoms with Gasteiger partial charge in [0.2, 0.25) is 5.91 Å². The molecule has 10 heteroatoms. The van der Waals surface area contributed by atoms with Crippen LogP contribution in [0.15, 0.2) is 35.6 Å². The van der Waals surface area contributed by atoms with Crippen molar-refractivity contribution >= 4 is 17.6 Å². The van der Waals surface area contributed by atoms with Crippen LogP contribution in [0.5, 0.6) is 0 Å². The second kappa shape index (κ2) is 10.6. The molecule has 1 fully saturated rings. The summed E-state index contributed by atoms with van der Waals surface area (Å²) in [7, 11) is 1.83. The van der Waals surface area contributed by atoms with Gasteiger partial charge in [-0.05, 0) is 31.2 Å². The van der Waals surface area contributed by atoms with Crippen LogP contribution in [0.3, 0.4) is 0 Å². The lowest BCUT2D eigenvalue weighted by molar-refractivity contribution is -0.131. The van der Waals surface area contributed by atoms with Gasteiger partial charge in [0.25, 0.3) is 0 Å². The number of benzene rings is 1. The van der Waals surface area contributed by atoms with Crippen LogP contribution in [0.1, 0.15) is 19.2 Å². The molecule has 0 saturated carbocycles. The van der Waals surface area contributed by atoms with E-state index in [1.165, 1.54) is 18.5 Å². The fraction of sp³-hybridized carbons (Fsp3) is 0.500. The quantitative estimate of drug-likeness (QED) is 0.511. The highest BCUT2D eigenvalue weighted by molar-refractivity contribution is 5.81. The Morgan fingerprint density at radius 3 is 2.53 bits per heavy atom. The Labute approximate surface area is 176 Å². The maximum Gasteiger partial charge on any atom is 0.224 e. The normalized spacial score (nSPS) is 14.7. The summed E-state index contributed by atoms with van der Waals surface area (Å²) in [5.41, 5.74) is 0.986. The zero-order chi connectivity index (χ0) is 21.3. The Morgan fingerprint density at radius 1 is 1.17 bits per heavy atom. The van der Waals surface area contributed by atoms with Gasteiger partial charge in [-0.15, -0.1) is 0 Å². The third-order valence-electron chi connectivity index (χ3n) is 4.98. The fourth-order valence-electron chi connectivity index (χ4n) is 3.27. The number of rotatable bonds is 7. The van der Waals surface area contributed by atoms with Crippen LogP contribution in [0.25, 0.3) is 0 Å². The van der Waals surface area contributed by atoms with E-state index in [-0.39, 0.29) is 11.7 Å². The Balaban J connectivity index is 1.42. The molecular formula is C20H29FN8O. The van der Waals surface area contributed by atoms with Crippen molar-refractivity contribution in [1.82, 2.24) is 30.3 Å². The Kier molecular flexibility index (Phi) is 7.58. The second-order valence-corrected chi connectivity index (χ2v) is 7.02. The van der Waals surface area contributed by atoms with Crippen molar-refractivity contribution in [2.75, 3.05) is 44.2 Å². The van der Waals surface area contributed by atoms with Crippen LogP contribution in [0.4, 0.5) is 10.1 Å². The van der Waals surface area contributed by atoms with E-state index < -0.39 is 0 Å². The number of hydrogen-bond acceptors (Lipinski definition) is 5. The number of piperazine rings is 1. The zero-order valence-electron chi connectivity index (χ0n) is 17.5. The molecule has 9 nitrogen and oxygen atoms in total. The highest BCUT2D eigenvalue weighted by Gasteiger charge is 2.21. The molecule has 1 saturated heterocycles. The molecule has 0 unspecified atom stereocenters. The first kappa shape index (κ1) is 21.5. The summed E-state index contributed by atoms with van der Waals surface area (Å²) >= 11 is 0. The lowest BCUT2D eigenvalue weighted by Crippen LogP contribution is -2.49. The number of nitrogens with zero attached hydrogens (tertiary/aromatic N) is 6. The van der Waals surface area contributed by atoms with Gasteiger partial charge in [0, 0.05) is 58.4 Å². The molecule has 0 atom stereocenters. The molecule has 1 aliphatic heterocycles. The molecule has 0 radical (unpaired) electrons. The average molecular weight is 417 g/mol. The van der Waals surface area contributed by atoms with Crippen molar-refractivity contribution < 1.29 is 9.18 Å². The van der Waals surface area contributed by atoms with Crippen LogP contribution in [-0.2, 0) is 18.4 Å². The summed E-state index contributed by atoms with van der Waals surface area (Å²) in [5.74, 6) is 1.29. The lowest BCUT2D eigenvalue weighted by atomic mass is 10.2. The standard InChI is InChI=1S/C20H29FN8O/c1-3-22-20(24-14-18-25-15-26-27(18)2)23-9-8-19(30)29-12-10-28(11-13-29)17-6-4-16(21)5-7-17/h4-7,15H,3,8-14H2,1-2H3,(H2,22,23,24). The van der Waals surface area contributed by atoms with Crippen molar-refractivity contribution in [1.29, 1.82) is 0 Å². The van der Waals surface area contributed by atoms with Gasteiger partial charge in [0.1, 0.15) is 24.5 Å². The van der Waals surface area contributed by atoms with Crippen molar-refractivity contribution in [3.8, 4) is 0 Å². The second-order valence-electron chi connectivity index (χ2n) is 7.02. The summed E-state index contributed by atoms with van der Waals surface area (Å²) in [6.45, 7) is 6.44. The molecule has 162 valence electrons. The number of aliphatic imine (C=N–C) groups is 1. The number of nitrogens with one attached hydrogen (secondary N) is 2. The highest BCUT2D eigenvalue weighted by Crippen LogP contribution is 2.17. The van der Waals surface area contributed by atoms with E-state index in [0.717, 1.165) is 31.1 Å². The molecule has 2 heterocycles. The fourth-order valence-corrected chi connectivity index (χ4v) is 3.27. The minimum Gasteiger partial charge on any atom is -0.368 e. The van der Waals surface area contributed by atoms with Gasteiger partial charge in [-0.2, -0.15) is 5.10 Å². The largest absolute Gasteiger partial charge is 0.368 e. The van der Waals surface area contributed by atoms with Crippen LogP contribution in [0, 0.1) is 5.82 Å². The van der Waals surface area contributed by atoms with Gasteiger partial charge in [0.05, 0.1) is 0 Å². The molecule has 1 aromatic carbocycles. The Bertz CT molecular complexity index is 843. The number of amides is 1. The van der Waals surface area contributed by atoms with Crippen LogP contribution in [0.2, 0.25) is 0 Å². The van der Waals surface area contributed by atoms with Crippen LogP contribution < -0.4 is 15.5 Å². The zero-order valence-corrected chi connectivity index (χ0v) is 17.5. The maximum atomic E-state index is 13.1. The predicted octanol–water partition coefficient (Wildman–Crippen LogP) is 0.748. The summed E-state index contributed by atoms with van der Waals surface area (Å²) in [5, 5.41) is 10.4. The minimum atomic E-state index is -0.239. The van der Waals surface area contributed by atoms with E-state index in [0.29, 0.717) is 38.6 Å². The number of guanidine groups is 1. The first-order valence-electron chi connectivity index (χ1n) is 10.2. The molecule has 1 aliphatic rings. The summed E-state index contributed by atoms with van der Waals surface area (Å²) in [6.07, 6.45) is 1.89. The Morgan fingerprint density at radius 2 is 1.90 bits per heavy atom. The lowest BCUT2D eigenvalue weighted by Gasteiger charge is -2.36. The number of aromatic nitrogens is 3. The third-order valence-corrected chi connectivity index (χ3v) is 4.98. The van der Waals surface area contributed by atoms with Gasteiger partial charge in [-0.3, -0.25) is 9.48 Å². The number of aryl methyl sites for hydroxylation is 1. The van der Waals surface area contributed by atoms with Crippen molar-refractivity contribution in [3.05, 3.63) is 42.2 Å². The summed E-state index contributed by atoms with van der Waals surface area (Å²) in [6, 6.07) is 6.48. The van der Waals surface area contributed by atoms with E-state index in [1.54, 1.807) is 16.8 Å². The van der Waals surface area contributed by atoms with Gasteiger partial charge < -0.3 is 20.4 Å². The van der Waals surface area contributed by atoms with E-state index >= 15 is 0 Å². The SMILES string of the molecule is CCNC(=NCc1ncnn1C)NCCC(=O)N1CCN(c2ccc(F)cc2)CC1. The third kappa shape index (κ3) is 5.91. The first-order chi connectivity index (χ1) is 14.6. The topological polar surface area (TPSA) is 90.7 Å². The van der Waals surface area contributed by atoms with Gasteiger partial charge in [0.15, 0.2) is 5.96 Å². The number of hydrogen-bond donors (Lipinski definition) is 2. The van der Waals surface area contributed by atoms with Gasteiger partial charge in [-0.25, -0.2) is 14.4 Å². The van der Waals surface area contributed by atoms with E-state index in [4.69, 9.17) is 0 Å². The summed E-state index contributed by atoms with van der Waals surface area (Å²) in [4.78, 5) is 25.2. The smallest absolute Gasteiger partial charge is 0.224 e. The molecule has 0 spiro atoms. The molecular weight excluding hydrogens is 387 g/mol. The van der Waals surface area contributed by atoms with Gasteiger partial charge >= 0.3 is 0 Å². The van der Waals surface area contributed by atoms with Crippen LogP contribution in [-0.4, -0.2) is 70.8 Å². The first-order valence-corrected chi connectivity index (χ1v) is 10.2. The molecule has 1 amide bonds. The van der Waals surface area contributed by atoms with E-state index in [9.17, 15) is 9.18 Å². The van der Waals surface area contributed by atoms with Crippen LogP contribution >= 0.6 is 0 Å². The highest BCUT2D eigenvalue weighted by atomic mass is 19.1. The number of carbonyl (C=O) groups excluding carboxylic acids is 1. The molecule has 0 bridgehead atoms. The van der Waals surface area contributed by atoms with E-state index in [2.05, 4.69) is 30.6 Å². The van der Waals surface area contributed by atoms with Crippen molar-refractivity contribution in [2.45, 2.75) is 19.9 Å². The van der Waals surface area contributed by atoms with Crippen molar-refractivity contribution in [3.63, 3.8) is 0 Å². The average Bonchev–Trinajstić information content (AvgIpc) is 3.17. The van der Waals surface area contributed by atoms with Crippen molar-refractivity contribution in [2.24, 2.45) is 12.0 Å². The van der Waals surface area contributed by atoms with Gasteiger partial charge in [-0.1, -0.05) is 0 Å². The number of halogens is 1. The molecule has 3 rings (SSSR count). The maximum absolute atomic E-state index is 13.1. The predicted molar refractivity (Wildman–Crippen MR) is 114 cm³/mol. The molecule has 0 aliphatic carbocycles. The summed E-state index contributed by atoms with van der Waals surface area (Å²) < 4.78 is 14.8. The Hall–Kier alpha value is -3.17. The molecule has 2 aromatic rings. The molecule has 30 heavy (non-hydrogen) atoms. The molecule has 2 N–H and O–H groups in total. The minimum absolute atomic E-state index is 0.116. The number of anilines is 1. The molecule has 1 aromatic heterocycles. The number of carbonyl (C=O) groups is 1. The monoisotopic (exact) mass is 416 g/mol. The van der Waals surface area contributed by atoms with E-state index in [1.807, 2.05) is 18.9 Å².